The number of rotatable bonds is 7. The monoisotopic (exact) mass is 260 g/mol. The Morgan fingerprint density at radius 2 is 2.05 bits per heavy atom. The van der Waals surface area contributed by atoms with Crippen molar-refractivity contribution in [3.05, 3.63) is 35.9 Å². The summed E-state index contributed by atoms with van der Waals surface area (Å²) in [5.74, 6) is 0.673. The lowest BCUT2D eigenvalue weighted by atomic mass is 9.99. The first kappa shape index (κ1) is 14.1. The molecule has 1 aliphatic carbocycles. The molecule has 1 fully saturated rings. The SMILES string of the molecule is CCCC(CN)C(=O)NC(c1ccccc1)C1CC1. The van der Waals surface area contributed by atoms with Crippen molar-refractivity contribution in [1.29, 1.82) is 0 Å². The summed E-state index contributed by atoms with van der Waals surface area (Å²) < 4.78 is 0. The standard InChI is InChI=1S/C16H24N2O/c1-2-6-14(11-17)16(19)18-15(13-9-10-13)12-7-4-3-5-8-12/h3-5,7-8,13-15H,2,6,9-11,17H2,1H3,(H,18,19). The van der Waals surface area contributed by atoms with E-state index < -0.39 is 0 Å². The van der Waals surface area contributed by atoms with E-state index in [9.17, 15) is 4.79 Å². The maximum atomic E-state index is 12.3. The molecule has 2 atom stereocenters. The molecule has 19 heavy (non-hydrogen) atoms. The van der Waals surface area contributed by atoms with Crippen molar-refractivity contribution in [3.8, 4) is 0 Å². The molecule has 1 aromatic rings. The highest BCUT2D eigenvalue weighted by molar-refractivity contribution is 5.79. The maximum absolute atomic E-state index is 12.3. The molecule has 0 aliphatic heterocycles. The second-order valence-electron chi connectivity index (χ2n) is 5.46. The average molecular weight is 260 g/mol. The molecular formula is C16H24N2O. The molecule has 2 unspecified atom stereocenters. The molecule has 1 aliphatic rings. The summed E-state index contributed by atoms with van der Waals surface area (Å²) in [5.41, 5.74) is 6.92. The average Bonchev–Trinajstić information content (AvgIpc) is 3.27. The quantitative estimate of drug-likeness (QED) is 0.792. The van der Waals surface area contributed by atoms with Crippen molar-refractivity contribution < 1.29 is 4.79 Å². The highest BCUT2D eigenvalue weighted by Crippen LogP contribution is 2.41. The number of carbonyl (C=O) groups excluding carboxylic acids is 1. The topological polar surface area (TPSA) is 55.1 Å². The Morgan fingerprint density at radius 3 is 2.58 bits per heavy atom. The van der Waals surface area contributed by atoms with Crippen molar-refractivity contribution in [1.82, 2.24) is 5.32 Å². The van der Waals surface area contributed by atoms with Gasteiger partial charge in [0.25, 0.3) is 0 Å². The third kappa shape index (κ3) is 3.80. The fourth-order valence-corrected chi connectivity index (χ4v) is 2.54. The number of carbonyl (C=O) groups is 1. The van der Waals surface area contributed by atoms with Crippen molar-refractivity contribution in [2.24, 2.45) is 17.6 Å². The Kier molecular flexibility index (Phi) is 4.97. The number of nitrogens with one attached hydrogen (secondary N) is 1. The van der Waals surface area contributed by atoms with Crippen LogP contribution in [0.5, 0.6) is 0 Å². The third-order valence-electron chi connectivity index (χ3n) is 3.84. The van der Waals surface area contributed by atoms with E-state index >= 15 is 0 Å². The predicted octanol–water partition coefficient (Wildman–Crippen LogP) is 2.63. The molecule has 1 aromatic carbocycles. The molecule has 0 saturated heterocycles. The zero-order valence-corrected chi connectivity index (χ0v) is 11.6. The normalized spacial score (nSPS) is 17.8. The second-order valence-corrected chi connectivity index (χ2v) is 5.46. The maximum Gasteiger partial charge on any atom is 0.224 e. The molecule has 3 N–H and O–H groups in total. The fraction of sp³-hybridized carbons (Fsp3) is 0.562. The van der Waals surface area contributed by atoms with Gasteiger partial charge in [0, 0.05) is 6.54 Å². The molecule has 0 aromatic heterocycles. The zero-order chi connectivity index (χ0) is 13.7. The van der Waals surface area contributed by atoms with Gasteiger partial charge in [-0.1, -0.05) is 43.7 Å². The van der Waals surface area contributed by atoms with Crippen LogP contribution in [0.3, 0.4) is 0 Å². The van der Waals surface area contributed by atoms with E-state index in [1.165, 1.54) is 18.4 Å². The van der Waals surface area contributed by atoms with Gasteiger partial charge in [-0.15, -0.1) is 0 Å². The lowest BCUT2D eigenvalue weighted by Crippen LogP contribution is -2.38. The molecular weight excluding hydrogens is 236 g/mol. The van der Waals surface area contributed by atoms with Gasteiger partial charge in [0.1, 0.15) is 0 Å². The highest BCUT2D eigenvalue weighted by atomic mass is 16.2. The molecule has 104 valence electrons. The van der Waals surface area contributed by atoms with Crippen LogP contribution in [-0.2, 0) is 4.79 Å². The predicted molar refractivity (Wildman–Crippen MR) is 77.5 cm³/mol. The fourth-order valence-electron chi connectivity index (χ4n) is 2.54. The molecule has 0 heterocycles. The summed E-state index contributed by atoms with van der Waals surface area (Å²) >= 11 is 0. The summed E-state index contributed by atoms with van der Waals surface area (Å²) in [7, 11) is 0. The van der Waals surface area contributed by atoms with E-state index in [1.54, 1.807) is 0 Å². The second kappa shape index (κ2) is 6.71. The molecule has 0 radical (unpaired) electrons. The van der Waals surface area contributed by atoms with Gasteiger partial charge in [0.2, 0.25) is 5.91 Å². The Balaban J connectivity index is 2.03. The largest absolute Gasteiger partial charge is 0.349 e. The summed E-state index contributed by atoms with van der Waals surface area (Å²) in [6.45, 7) is 2.53. The lowest BCUT2D eigenvalue weighted by Gasteiger charge is -2.22. The highest BCUT2D eigenvalue weighted by Gasteiger charge is 2.34. The van der Waals surface area contributed by atoms with Gasteiger partial charge in [-0.2, -0.15) is 0 Å². The first-order valence-electron chi connectivity index (χ1n) is 7.31. The number of benzene rings is 1. The van der Waals surface area contributed by atoms with E-state index in [4.69, 9.17) is 5.73 Å². The van der Waals surface area contributed by atoms with Gasteiger partial charge < -0.3 is 11.1 Å². The molecule has 2 rings (SSSR count). The van der Waals surface area contributed by atoms with Crippen molar-refractivity contribution in [2.45, 2.75) is 38.6 Å². The van der Waals surface area contributed by atoms with Crippen molar-refractivity contribution in [2.75, 3.05) is 6.54 Å². The van der Waals surface area contributed by atoms with Crippen LogP contribution in [0.4, 0.5) is 0 Å². The third-order valence-corrected chi connectivity index (χ3v) is 3.84. The van der Waals surface area contributed by atoms with Crippen LogP contribution in [0, 0.1) is 11.8 Å². The van der Waals surface area contributed by atoms with Gasteiger partial charge in [-0.3, -0.25) is 4.79 Å². The van der Waals surface area contributed by atoms with Crippen LogP contribution in [0.25, 0.3) is 0 Å². The van der Waals surface area contributed by atoms with Crippen LogP contribution in [0.2, 0.25) is 0 Å². The number of hydrogen-bond acceptors (Lipinski definition) is 2. The van der Waals surface area contributed by atoms with Gasteiger partial charge >= 0.3 is 0 Å². The molecule has 3 nitrogen and oxygen atoms in total. The zero-order valence-electron chi connectivity index (χ0n) is 11.6. The Morgan fingerprint density at radius 1 is 1.37 bits per heavy atom. The van der Waals surface area contributed by atoms with E-state index in [2.05, 4.69) is 24.4 Å². The smallest absolute Gasteiger partial charge is 0.224 e. The van der Waals surface area contributed by atoms with Crippen molar-refractivity contribution >= 4 is 5.91 Å². The van der Waals surface area contributed by atoms with Crippen LogP contribution in [0.15, 0.2) is 30.3 Å². The van der Waals surface area contributed by atoms with Gasteiger partial charge in [0.15, 0.2) is 0 Å². The van der Waals surface area contributed by atoms with Crippen LogP contribution >= 0.6 is 0 Å². The van der Waals surface area contributed by atoms with Crippen LogP contribution < -0.4 is 11.1 Å². The molecule has 1 saturated carbocycles. The Bertz CT molecular complexity index is 400. The number of hydrogen-bond donors (Lipinski definition) is 2. The van der Waals surface area contributed by atoms with E-state index in [0.717, 1.165) is 12.8 Å². The summed E-state index contributed by atoms with van der Waals surface area (Å²) in [6.07, 6.45) is 4.28. The van der Waals surface area contributed by atoms with E-state index in [0.29, 0.717) is 12.5 Å². The Labute approximate surface area is 115 Å². The summed E-state index contributed by atoms with van der Waals surface area (Å²) in [4.78, 5) is 12.3. The minimum atomic E-state index is -0.0463. The van der Waals surface area contributed by atoms with E-state index in [-0.39, 0.29) is 17.9 Å². The first-order chi connectivity index (χ1) is 9.26. The molecule has 0 bridgehead atoms. The lowest BCUT2D eigenvalue weighted by molar-refractivity contribution is -0.125. The van der Waals surface area contributed by atoms with E-state index in [1.807, 2.05) is 18.2 Å². The molecule has 3 heteroatoms. The number of nitrogens with two attached hydrogens (primary N) is 1. The van der Waals surface area contributed by atoms with Crippen LogP contribution in [-0.4, -0.2) is 12.5 Å². The first-order valence-corrected chi connectivity index (χ1v) is 7.31. The number of amides is 1. The van der Waals surface area contributed by atoms with Crippen molar-refractivity contribution in [3.63, 3.8) is 0 Å². The minimum Gasteiger partial charge on any atom is -0.349 e. The van der Waals surface area contributed by atoms with Gasteiger partial charge in [-0.05, 0) is 30.7 Å². The van der Waals surface area contributed by atoms with Crippen LogP contribution in [0.1, 0.15) is 44.2 Å². The minimum absolute atomic E-state index is 0.0463. The van der Waals surface area contributed by atoms with Gasteiger partial charge in [-0.25, -0.2) is 0 Å². The van der Waals surface area contributed by atoms with Gasteiger partial charge in [0.05, 0.1) is 12.0 Å². The Hall–Kier alpha value is -1.35. The molecule has 0 spiro atoms. The molecule has 1 amide bonds. The summed E-state index contributed by atoms with van der Waals surface area (Å²) in [5, 5.41) is 3.21. The summed E-state index contributed by atoms with van der Waals surface area (Å²) in [6, 6.07) is 10.4.